The third-order valence-electron chi connectivity index (χ3n) is 3.66. The van der Waals surface area contributed by atoms with Crippen molar-refractivity contribution >= 4 is 31.6 Å². The quantitative estimate of drug-likeness (QED) is 0.615. The molecule has 0 amide bonds. The summed E-state index contributed by atoms with van der Waals surface area (Å²) in [5.41, 5.74) is 0.177. The monoisotopic (exact) mass is 414 g/mol. The zero-order valence-electron chi connectivity index (χ0n) is 14.4. The largest absolute Gasteiger partial charge is 0.497 e. The van der Waals surface area contributed by atoms with Gasteiger partial charge >= 0.3 is 6.55 Å². The van der Waals surface area contributed by atoms with E-state index in [4.69, 9.17) is 9.47 Å². The Balaban J connectivity index is 2.14. The zero-order valence-corrected chi connectivity index (χ0v) is 16.1. The first-order chi connectivity index (χ1) is 12.9. The lowest BCUT2D eigenvalue weighted by atomic mass is 10.3. The lowest BCUT2D eigenvalue weighted by Gasteiger charge is -2.05. The molecule has 27 heavy (non-hydrogen) atoms. The van der Waals surface area contributed by atoms with Gasteiger partial charge in [-0.2, -0.15) is 17.2 Å². The Morgan fingerprint density at radius 1 is 1.15 bits per heavy atom. The Kier molecular flexibility index (Phi) is 5.47. The van der Waals surface area contributed by atoms with Gasteiger partial charge in [-0.25, -0.2) is 0 Å². The van der Waals surface area contributed by atoms with Crippen molar-refractivity contribution < 1.29 is 26.7 Å². The first kappa shape index (κ1) is 19.3. The Morgan fingerprint density at radius 3 is 2.41 bits per heavy atom. The predicted molar refractivity (Wildman–Crippen MR) is 98.0 cm³/mol. The van der Waals surface area contributed by atoms with E-state index in [1.807, 2.05) is 0 Å². The molecule has 144 valence electrons. The van der Waals surface area contributed by atoms with Gasteiger partial charge in [-0.05, 0) is 49.4 Å². The van der Waals surface area contributed by atoms with Crippen LogP contribution in [-0.2, 0) is 10.0 Å². The molecule has 2 aromatic carbocycles. The van der Waals surface area contributed by atoms with Crippen molar-refractivity contribution in [3.05, 3.63) is 47.3 Å². The van der Waals surface area contributed by atoms with Crippen LogP contribution in [0, 0.1) is 0 Å². The molecule has 3 rings (SSSR count). The zero-order chi connectivity index (χ0) is 19.6. The average molecular weight is 414 g/mol. The maximum atomic E-state index is 13.6. The number of ether oxygens (including phenoxy) is 2. The molecule has 3 aromatic rings. The summed E-state index contributed by atoms with van der Waals surface area (Å²) in [5, 5.41) is 0. The van der Waals surface area contributed by atoms with Crippen LogP contribution < -0.4 is 14.3 Å². The van der Waals surface area contributed by atoms with Gasteiger partial charge < -0.3 is 9.47 Å². The first-order valence-corrected chi connectivity index (χ1v) is 10.1. The molecule has 0 unspecified atom stereocenters. The number of nitrogens with zero attached hydrogens (tertiary/aromatic N) is 2. The van der Waals surface area contributed by atoms with Crippen LogP contribution in [0.2, 0.25) is 0 Å². The molecular weight excluding hydrogens is 398 g/mol. The van der Waals surface area contributed by atoms with E-state index < -0.39 is 16.6 Å². The van der Waals surface area contributed by atoms with Crippen LogP contribution in [0.25, 0.3) is 10.2 Å². The van der Waals surface area contributed by atoms with Gasteiger partial charge in [0.05, 0.1) is 28.8 Å². The summed E-state index contributed by atoms with van der Waals surface area (Å²) in [6, 6.07) is 10.2. The number of hydrogen-bond acceptors (Lipinski definition) is 5. The summed E-state index contributed by atoms with van der Waals surface area (Å²) in [6.45, 7) is -0.697. The van der Waals surface area contributed by atoms with Crippen molar-refractivity contribution in [1.29, 1.82) is 0 Å². The molecule has 0 N–H and O–H groups in total. The fraction of sp³-hybridized carbons (Fsp3) is 0.235. The molecule has 0 radical (unpaired) electrons. The number of sulfonamides is 1. The summed E-state index contributed by atoms with van der Waals surface area (Å²) in [4.78, 5) is -0.427. The highest BCUT2D eigenvalue weighted by Crippen LogP contribution is 2.27. The topological polar surface area (TPSA) is 69.9 Å². The van der Waals surface area contributed by atoms with Crippen molar-refractivity contribution in [3.8, 4) is 11.5 Å². The minimum absolute atomic E-state index is 0.109. The van der Waals surface area contributed by atoms with Gasteiger partial charge in [-0.15, -0.1) is 4.40 Å². The van der Waals surface area contributed by atoms with E-state index in [-0.39, 0.29) is 15.2 Å². The molecule has 0 aliphatic rings. The SMILES string of the molecule is CCOc1ccc(S(=O)(=O)/N=c2\sc3cc(OC)ccc3n2C(F)F)cc1. The number of hydrogen-bond donors (Lipinski definition) is 0. The number of fused-ring (bicyclic) bond motifs is 1. The van der Waals surface area contributed by atoms with Gasteiger partial charge in [0.15, 0.2) is 0 Å². The van der Waals surface area contributed by atoms with E-state index in [1.165, 1.54) is 43.5 Å². The van der Waals surface area contributed by atoms with Crippen molar-refractivity contribution in [3.63, 3.8) is 0 Å². The van der Waals surface area contributed by atoms with Crippen LogP contribution in [-0.4, -0.2) is 26.7 Å². The smallest absolute Gasteiger partial charge is 0.321 e. The minimum Gasteiger partial charge on any atom is -0.497 e. The molecule has 0 fully saturated rings. The second-order valence-electron chi connectivity index (χ2n) is 5.34. The summed E-state index contributed by atoms with van der Waals surface area (Å²) < 4.78 is 67.3. The van der Waals surface area contributed by atoms with E-state index >= 15 is 0 Å². The molecule has 0 atom stereocenters. The summed E-state index contributed by atoms with van der Waals surface area (Å²) in [5.74, 6) is 0.985. The third-order valence-corrected chi connectivity index (χ3v) is 6.07. The Bertz CT molecular complexity index is 1120. The Morgan fingerprint density at radius 2 is 1.81 bits per heavy atom. The van der Waals surface area contributed by atoms with Gasteiger partial charge in [0.2, 0.25) is 4.80 Å². The van der Waals surface area contributed by atoms with Crippen LogP contribution >= 0.6 is 11.3 Å². The molecule has 0 bridgehead atoms. The van der Waals surface area contributed by atoms with Crippen molar-refractivity contribution in [2.75, 3.05) is 13.7 Å². The van der Waals surface area contributed by atoms with Gasteiger partial charge in [-0.1, -0.05) is 11.3 Å². The van der Waals surface area contributed by atoms with Crippen molar-refractivity contribution in [2.45, 2.75) is 18.4 Å². The third kappa shape index (κ3) is 3.96. The second-order valence-corrected chi connectivity index (χ2v) is 7.95. The number of aromatic nitrogens is 1. The van der Waals surface area contributed by atoms with Crippen LogP contribution in [0.3, 0.4) is 0 Å². The van der Waals surface area contributed by atoms with Crippen molar-refractivity contribution in [2.24, 2.45) is 4.40 Å². The summed E-state index contributed by atoms with van der Waals surface area (Å²) in [6.07, 6.45) is 0. The fourth-order valence-electron chi connectivity index (χ4n) is 2.43. The maximum Gasteiger partial charge on any atom is 0.321 e. The highest BCUT2D eigenvalue weighted by Gasteiger charge is 2.19. The molecule has 6 nitrogen and oxygen atoms in total. The van der Waals surface area contributed by atoms with Crippen LogP contribution in [0.5, 0.6) is 11.5 Å². The van der Waals surface area contributed by atoms with Gasteiger partial charge in [0, 0.05) is 0 Å². The number of methoxy groups -OCH3 is 1. The number of thiazole rings is 1. The van der Waals surface area contributed by atoms with Crippen LogP contribution in [0.1, 0.15) is 13.5 Å². The predicted octanol–water partition coefficient (Wildman–Crippen LogP) is 3.79. The molecule has 1 heterocycles. The maximum absolute atomic E-state index is 13.6. The Labute approximate surface area is 158 Å². The standard InChI is InChI=1S/C17H16F2N2O4S2/c1-3-25-11-4-7-13(8-5-11)27(22,23)20-17-21(16(18)19)14-9-6-12(24-2)10-15(14)26-17/h4-10,16H,3H2,1-2H3/b20-17-. The van der Waals surface area contributed by atoms with Gasteiger partial charge in [0.1, 0.15) is 11.5 Å². The van der Waals surface area contributed by atoms with E-state index in [1.54, 1.807) is 13.0 Å². The highest BCUT2D eigenvalue weighted by molar-refractivity contribution is 7.90. The summed E-state index contributed by atoms with van der Waals surface area (Å²) >= 11 is 0.847. The van der Waals surface area contributed by atoms with Gasteiger partial charge in [-0.3, -0.25) is 4.57 Å². The van der Waals surface area contributed by atoms with E-state index in [0.717, 1.165) is 11.3 Å². The lowest BCUT2D eigenvalue weighted by Crippen LogP contribution is -2.17. The first-order valence-electron chi connectivity index (χ1n) is 7.87. The average Bonchev–Trinajstić information content (AvgIpc) is 2.98. The summed E-state index contributed by atoms with van der Waals surface area (Å²) in [7, 11) is -2.71. The van der Waals surface area contributed by atoms with Crippen LogP contribution in [0.4, 0.5) is 8.78 Å². The number of alkyl halides is 2. The van der Waals surface area contributed by atoms with Crippen molar-refractivity contribution in [1.82, 2.24) is 4.57 Å². The van der Waals surface area contributed by atoms with E-state index in [2.05, 4.69) is 4.40 Å². The fourth-order valence-corrected chi connectivity index (χ4v) is 4.68. The Hall–Kier alpha value is -2.46. The number of halogens is 2. The lowest BCUT2D eigenvalue weighted by molar-refractivity contribution is 0.0723. The number of rotatable bonds is 6. The molecule has 0 aliphatic carbocycles. The van der Waals surface area contributed by atoms with Gasteiger partial charge in [0.25, 0.3) is 10.0 Å². The molecule has 1 aromatic heterocycles. The second kappa shape index (κ2) is 7.65. The molecule has 0 saturated carbocycles. The molecule has 0 aliphatic heterocycles. The van der Waals surface area contributed by atoms with E-state index in [0.29, 0.717) is 27.4 Å². The molecule has 0 spiro atoms. The minimum atomic E-state index is -4.17. The highest BCUT2D eigenvalue weighted by atomic mass is 32.2. The van der Waals surface area contributed by atoms with Crippen LogP contribution in [0.15, 0.2) is 51.8 Å². The molecule has 0 saturated heterocycles. The van der Waals surface area contributed by atoms with E-state index in [9.17, 15) is 17.2 Å². The normalized spacial score (nSPS) is 12.7. The molecule has 10 heteroatoms. The molecular formula is C17H16F2N2O4S2. The number of benzene rings is 2.